The molecule has 1 N–H and O–H groups in total. The summed E-state index contributed by atoms with van der Waals surface area (Å²) in [5.41, 5.74) is 1.91. The van der Waals surface area contributed by atoms with Crippen LogP contribution in [0.2, 0.25) is 0 Å². The Labute approximate surface area is 114 Å². The zero-order valence-electron chi connectivity index (χ0n) is 11.7. The van der Waals surface area contributed by atoms with Gasteiger partial charge in [-0.1, -0.05) is 0 Å². The van der Waals surface area contributed by atoms with Crippen molar-refractivity contribution in [2.75, 3.05) is 38.2 Å². The zero-order chi connectivity index (χ0) is 13.8. The van der Waals surface area contributed by atoms with Gasteiger partial charge in [0, 0.05) is 43.5 Å². The summed E-state index contributed by atoms with van der Waals surface area (Å²) in [6.45, 7) is 4.72. The minimum atomic E-state index is 0.100. The Morgan fingerprint density at radius 2 is 2.00 bits per heavy atom. The first-order valence-electron chi connectivity index (χ1n) is 6.79. The normalized spacial score (nSPS) is 20.6. The molecule has 4 heteroatoms. The van der Waals surface area contributed by atoms with E-state index in [1.165, 1.54) is 0 Å². The van der Waals surface area contributed by atoms with Crippen LogP contribution in [0.4, 0.5) is 5.69 Å². The fourth-order valence-electron chi connectivity index (χ4n) is 2.55. The molecule has 104 valence electrons. The number of anilines is 1. The molecule has 1 unspecified atom stereocenters. The fraction of sp³-hybridized carbons (Fsp3) is 0.533. The Kier molecular flexibility index (Phi) is 4.56. The van der Waals surface area contributed by atoms with E-state index < -0.39 is 0 Å². The minimum absolute atomic E-state index is 0.100. The molecule has 1 aromatic rings. The van der Waals surface area contributed by atoms with Gasteiger partial charge in [-0.3, -0.25) is 9.69 Å². The molecule has 1 aliphatic heterocycles. The van der Waals surface area contributed by atoms with Crippen molar-refractivity contribution in [3.05, 3.63) is 29.8 Å². The van der Waals surface area contributed by atoms with Crippen LogP contribution in [0.25, 0.3) is 0 Å². The number of piperazine rings is 1. The van der Waals surface area contributed by atoms with Crippen LogP contribution in [0.5, 0.6) is 0 Å². The highest BCUT2D eigenvalue weighted by Gasteiger charge is 2.23. The number of nitrogens with zero attached hydrogens (tertiary/aromatic N) is 2. The van der Waals surface area contributed by atoms with Crippen molar-refractivity contribution in [3.63, 3.8) is 0 Å². The average Bonchev–Trinajstić information content (AvgIpc) is 2.41. The molecule has 2 rings (SSSR count). The van der Waals surface area contributed by atoms with Gasteiger partial charge in [-0.2, -0.15) is 0 Å². The molecule has 1 heterocycles. The second-order valence-electron chi connectivity index (χ2n) is 5.20. The number of carbonyl (C=O) groups is 1. The van der Waals surface area contributed by atoms with E-state index in [1.54, 1.807) is 6.92 Å². The van der Waals surface area contributed by atoms with Crippen molar-refractivity contribution < 1.29 is 9.90 Å². The molecule has 0 amide bonds. The van der Waals surface area contributed by atoms with Gasteiger partial charge in [0.1, 0.15) is 0 Å². The number of aliphatic hydroxyl groups is 1. The topological polar surface area (TPSA) is 43.8 Å². The van der Waals surface area contributed by atoms with Crippen molar-refractivity contribution in [1.29, 1.82) is 0 Å². The first-order valence-corrected chi connectivity index (χ1v) is 6.79. The highest BCUT2D eigenvalue weighted by molar-refractivity contribution is 5.94. The highest BCUT2D eigenvalue weighted by atomic mass is 16.3. The van der Waals surface area contributed by atoms with Gasteiger partial charge in [-0.25, -0.2) is 0 Å². The number of rotatable bonds is 4. The maximum atomic E-state index is 11.3. The molecule has 19 heavy (non-hydrogen) atoms. The minimum Gasteiger partial charge on any atom is -0.396 e. The van der Waals surface area contributed by atoms with E-state index in [1.807, 2.05) is 24.3 Å². The molecule has 1 atom stereocenters. The van der Waals surface area contributed by atoms with E-state index >= 15 is 0 Å². The lowest BCUT2D eigenvalue weighted by molar-refractivity contribution is 0.101. The maximum absolute atomic E-state index is 11.3. The molecule has 0 aliphatic carbocycles. The molecular weight excluding hydrogens is 240 g/mol. The summed E-state index contributed by atoms with van der Waals surface area (Å²) in [6, 6.07) is 8.19. The zero-order valence-corrected chi connectivity index (χ0v) is 11.7. The van der Waals surface area contributed by atoms with Crippen LogP contribution in [0.15, 0.2) is 24.3 Å². The van der Waals surface area contributed by atoms with E-state index in [9.17, 15) is 4.79 Å². The second-order valence-corrected chi connectivity index (χ2v) is 5.20. The number of likely N-dealkylation sites (N-methyl/N-ethyl adjacent to an activating group) is 1. The summed E-state index contributed by atoms with van der Waals surface area (Å²) in [5, 5.41) is 9.11. The molecule has 0 bridgehead atoms. The van der Waals surface area contributed by atoms with Gasteiger partial charge in [0.05, 0.1) is 0 Å². The van der Waals surface area contributed by atoms with E-state index in [-0.39, 0.29) is 12.4 Å². The number of hydrogen-bond donors (Lipinski definition) is 1. The quantitative estimate of drug-likeness (QED) is 0.833. The molecule has 1 aliphatic rings. The van der Waals surface area contributed by atoms with Crippen LogP contribution in [0, 0.1) is 0 Å². The van der Waals surface area contributed by atoms with Crippen LogP contribution < -0.4 is 4.90 Å². The summed E-state index contributed by atoms with van der Waals surface area (Å²) in [5.74, 6) is 0.100. The highest BCUT2D eigenvalue weighted by Crippen LogP contribution is 2.20. The molecule has 0 aromatic heterocycles. The van der Waals surface area contributed by atoms with Crippen LogP contribution in [-0.4, -0.2) is 55.1 Å². The van der Waals surface area contributed by atoms with Gasteiger partial charge < -0.3 is 10.0 Å². The SMILES string of the molecule is CC(=O)c1ccc(N2CCN(C)C(CCO)C2)cc1. The summed E-state index contributed by atoms with van der Waals surface area (Å²) in [6.07, 6.45) is 0.804. The predicted octanol–water partition coefficient (Wildman–Crippen LogP) is 1.39. The number of Topliss-reactive ketones (excluding diaryl/α,β-unsaturated/α-hetero) is 1. The van der Waals surface area contributed by atoms with Crippen molar-refractivity contribution >= 4 is 11.5 Å². The van der Waals surface area contributed by atoms with Gasteiger partial charge in [0.15, 0.2) is 5.78 Å². The third-order valence-electron chi connectivity index (χ3n) is 3.88. The lowest BCUT2D eigenvalue weighted by atomic mass is 10.1. The van der Waals surface area contributed by atoms with Gasteiger partial charge in [0.2, 0.25) is 0 Å². The van der Waals surface area contributed by atoms with Gasteiger partial charge >= 0.3 is 0 Å². The molecule has 0 radical (unpaired) electrons. The molecule has 1 fully saturated rings. The largest absolute Gasteiger partial charge is 0.396 e. The van der Waals surface area contributed by atoms with Crippen LogP contribution >= 0.6 is 0 Å². The average molecular weight is 262 g/mol. The van der Waals surface area contributed by atoms with E-state index in [2.05, 4.69) is 16.8 Å². The van der Waals surface area contributed by atoms with Crippen molar-refractivity contribution in [3.8, 4) is 0 Å². The number of benzene rings is 1. The Morgan fingerprint density at radius 1 is 1.32 bits per heavy atom. The first-order chi connectivity index (χ1) is 9.11. The number of aliphatic hydroxyl groups excluding tert-OH is 1. The third-order valence-corrected chi connectivity index (χ3v) is 3.88. The number of ketones is 1. The molecule has 0 spiro atoms. The summed E-state index contributed by atoms with van der Waals surface area (Å²) >= 11 is 0. The molecule has 4 nitrogen and oxygen atoms in total. The smallest absolute Gasteiger partial charge is 0.159 e. The van der Waals surface area contributed by atoms with Crippen LogP contribution in [0.3, 0.4) is 0 Å². The molecule has 1 aromatic carbocycles. The Balaban J connectivity index is 2.07. The molecule has 0 saturated carbocycles. The lowest BCUT2D eigenvalue weighted by Crippen LogP contribution is -2.51. The Bertz CT molecular complexity index is 430. The van der Waals surface area contributed by atoms with E-state index in [0.29, 0.717) is 6.04 Å². The Hall–Kier alpha value is -1.39. The monoisotopic (exact) mass is 262 g/mol. The standard InChI is InChI=1S/C15H22N2O2/c1-12(19)13-3-5-14(6-4-13)17-9-8-16(2)15(11-17)7-10-18/h3-6,15,18H,7-11H2,1-2H3. The summed E-state index contributed by atoms with van der Waals surface area (Å²) in [7, 11) is 2.11. The third kappa shape index (κ3) is 3.33. The number of carbonyl (C=O) groups excluding carboxylic acids is 1. The fourth-order valence-corrected chi connectivity index (χ4v) is 2.55. The van der Waals surface area contributed by atoms with Crippen LogP contribution in [-0.2, 0) is 0 Å². The van der Waals surface area contributed by atoms with Crippen molar-refractivity contribution in [2.45, 2.75) is 19.4 Å². The van der Waals surface area contributed by atoms with Crippen molar-refractivity contribution in [2.24, 2.45) is 0 Å². The van der Waals surface area contributed by atoms with E-state index in [4.69, 9.17) is 5.11 Å². The van der Waals surface area contributed by atoms with E-state index in [0.717, 1.165) is 37.3 Å². The van der Waals surface area contributed by atoms with Gasteiger partial charge in [-0.05, 0) is 44.7 Å². The first kappa shape index (κ1) is 14.0. The number of hydrogen-bond acceptors (Lipinski definition) is 4. The van der Waals surface area contributed by atoms with Crippen molar-refractivity contribution in [1.82, 2.24) is 4.90 Å². The van der Waals surface area contributed by atoms with Crippen LogP contribution in [0.1, 0.15) is 23.7 Å². The maximum Gasteiger partial charge on any atom is 0.159 e. The van der Waals surface area contributed by atoms with Gasteiger partial charge in [-0.15, -0.1) is 0 Å². The van der Waals surface area contributed by atoms with Gasteiger partial charge in [0.25, 0.3) is 0 Å². The summed E-state index contributed by atoms with van der Waals surface area (Å²) < 4.78 is 0. The summed E-state index contributed by atoms with van der Waals surface area (Å²) in [4.78, 5) is 15.9. The molecule has 1 saturated heterocycles. The Morgan fingerprint density at radius 3 is 2.58 bits per heavy atom. The lowest BCUT2D eigenvalue weighted by Gasteiger charge is -2.40. The second kappa shape index (κ2) is 6.17. The predicted molar refractivity (Wildman–Crippen MR) is 76.8 cm³/mol. The molecular formula is C15H22N2O2.